The number of carbonyl (C=O) groups excluding carboxylic acids is 1. The normalized spacial score (nSPS) is 30.2. The predicted octanol–water partition coefficient (Wildman–Crippen LogP) is 1.92. The SMILES string of the molecule is CCSC1CCCC1NC(C)C(=O)NC1CC1. The van der Waals surface area contributed by atoms with Crippen LogP contribution in [0.25, 0.3) is 0 Å². The Bertz CT molecular complexity index is 268. The summed E-state index contributed by atoms with van der Waals surface area (Å²) >= 11 is 2.03. The molecule has 3 atom stereocenters. The van der Waals surface area contributed by atoms with Crippen LogP contribution in [0.5, 0.6) is 0 Å². The third-order valence-electron chi connectivity index (χ3n) is 3.61. The van der Waals surface area contributed by atoms with E-state index in [0.29, 0.717) is 17.3 Å². The lowest BCUT2D eigenvalue weighted by molar-refractivity contribution is -0.123. The molecule has 0 saturated heterocycles. The molecule has 0 radical (unpaired) electrons. The van der Waals surface area contributed by atoms with Crippen LogP contribution in [-0.4, -0.2) is 35.0 Å². The lowest BCUT2D eigenvalue weighted by Gasteiger charge is -2.24. The number of nitrogens with one attached hydrogen (secondary N) is 2. The molecule has 98 valence electrons. The fourth-order valence-electron chi connectivity index (χ4n) is 2.48. The molecule has 0 aliphatic heterocycles. The van der Waals surface area contributed by atoms with E-state index in [2.05, 4.69) is 17.6 Å². The minimum Gasteiger partial charge on any atom is -0.352 e. The molecule has 2 fully saturated rings. The van der Waals surface area contributed by atoms with E-state index in [4.69, 9.17) is 0 Å². The van der Waals surface area contributed by atoms with Crippen LogP contribution in [0.15, 0.2) is 0 Å². The molecular formula is C13H24N2OS. The van der Waals surface area contributed by atoms with Gasteiger partial charge in [-0.2, -0.15) is 11.8 Å². The van der Waals surface area contributed by atoms with Crippen molar-refractivity contribution in [3.05, 3.63) is 0 Å². The van der Waals surface area contributed by atoms with Crippen LogP contribution < -0.4 is 10.6 Å². The third-order valence-corrected chi connectivity index (χ3v) is 4.94. The van der Waals surface area contributed by atoms with Crippen LogP contribution >= 0.6 is 11.8 Å². The van der Waals surface area contributed by atoms with E-state index in [9.17, 15) is 4.79 Å². The van der Waals surface area contributed by atoms with Crippen molar-refractivity contribution >= 4 is 17.7 Å². The molecule has 2 rings (SSSR count). The second-order valence-corrected chi connectivity index (χ2v) is 6.72. The minimum absolute atomic E-state index is 0.0429. The van der Waals surface area contributed by atoms with Gasteiger partial charge in [0.25, 0.3) is 0 Å². The Morgan fingerprint density at radius 3 is 2.76 bits per heavy atom. The monoisotopic (exact) mass is 256 g/mol. The highest BCUT2D eigenvalue weighted by molar-refractivity contribution is 7.99. The van der Waals surface area contributed by atoms with E-state index < -0.39 is 0 Å². The maximum absolute atomic E-state index is 11.9. The first kappa shape index (κ1) is 13.2. The van der Waals surface area contributed by atoms with Gasteiger partial charge in [-0.25, -0.2) is 0 Å². The number of thioether (sulfide) groups is 1. The average molecular weight is 256 g/mol. The van der Waals surface area contributed by atoms with Gasteiger partial charge in [-0.3, -0.25) is 4.79 Å². The Balaban J connectivity index is 1.75. The van der Waals surface area contributed by atoms with Gasteiger partial charge in [-0.1, -0.05) is 13.3 Å². The Labute approximate surface area is 108 Å². The Kier molecular flexibility index (Phi) is 4.74. The van der Waals surface area contributed by atoms with Gasteiger partial charge >= 0.3 is 0 Å². The molecule has 0 heterocycles. The summed E-state index contributed by atoms with van der Waals surface area (Å²) in [4.78, 5) is 11.9. The molecule has 4 heteroatoms. The topological polar surface area (TPSA) is 41.1 Å². The van der Waals surface area contributed by atoms with Gasteiger partial charge in [0, 0.05) is 17.3 Å². The van der Waals surface area contributed by atoms with Crippen molar-refractivity contribution in [2.75, 3.05) is 5.75 Å². The molecule has 17 heavy (non-hydrogen) atoms. The van der Waals surface area contributed by atoms with Gasteiger partial charge in [0.05, 0.1) is 6.04 Å². The highest BCUT2D eigenvalue weighted by Crippen LogP contribution is 2.30. The molecule has 3 nitrogen and oxygen atoms in total. The first-order chi connectivity index (χ1) is 8.20. The quantitative estimate of drug-likeness (QED) is 0.763. The molecule has 1 amide bonds. The van der Waals surface area contributed by atoms with Crippen molar-refractivity contribution in [3.8, 4) is 0 Å². The molecule has 0 spiro atoms. The Morgan fingerprint density at radius 2 is 2.12 bits per heavy atom. The lowest BCUT2D eigenvalue weighted by atomic mass is 10.2. The van der Waals surface area contributed by atoms with Gasteiger partial charge in [0.1, 0.15) is 0 Å². The second-order valence-electron chi connectivity index (χ2n) is 5.20. The van der Waals surface area contributed by atoms with Gasteiger partial charge < -0.3 is 10.6 Å². The molecule has 2 N–H and O–H groups in total. The second kappa shape index (κ2) is 6.10. The summed E-state index contributed by atoms with van der Waals surface area (Å²) in [5, 5.41) is 7.28. The standard InChI is InChI=1S/C13H24N2OS/c1-3-17-12-6-4-5-11(12)14-9(2)13(16)15-10-7-8-10/h9-12,14H,3-8H2,1-2H3,(H,15,16). The largest absolute Gasteiger partial charge is 0.352 e. The molecule has 2 saturated carbocycles. The van der Waals surface area contributed by atoms with Crippen molar-refractivity contribution in [2.24, 2.45) is 0 Å². The molecular weight excluding hydrogens is 232 g/mol. The summed E-state index contributed by atoms with van der Waals surface area (Å²) < 4.78 is 0. The summed E-state index contributed by atoms with van der Waals surface area (Å²) in [6, 6.07) is 0.953. The zero-order chi connectivity index (χ0) is 12.3. The van der Waals surface area contributed by atoms with Gasteiger partial charge in [0.2, 0.25) is 5.91 Å². The molecule has 2 aliphatic carbocycles. The van der Waals surface area contributed by atoms with Crippen LogP contribution in [-0.2, 0) is 4.79 Å². The smallest absolute Gasteiger partial charge is 0.237 e. The molecule has 3 unspecified atom stereocenters. The van der Waals surface area contributed by atoms with Gasteiger partial charge in [0.15, 0.2) is 0 Å². The molecule has 0 aromatic carbocycles. The van der Waals surface area contributed by atoms with Crippen LogP contribution in [0.4, 0.5) is 0 Å². The van der Waals surface area contributed by atoms with E-state index in [-0.39, 0.29) is 11.9 Å². The maximum Gasteiger partial charge on any atom is 0.237 e. The van der Waals surface area contributed by atoms with Crippen molar-refractivity contribution in [1.29, 1.82) is 0 Å². The summed E-state index contributed by atoms with van der Waals surface area (Å²) in [5.74, 6) is 1.35. The zero-order valence-electron chi connectivity index (χ0n) is 10.9. The first-order valence-corrected chi connectivity index (χ1v) is 7.93. The minimum atomic E-state index is -0.0429. The van der Waals surface area contributed by atoms with E-state index in [1.807, 2.05) is 18.7 Å². The number of amides is 1. The Morgan fingerprint density at radius 1 is 1.35 bits per heavy atom. The first-order valence-electron chi connectivity index (χ1n) is 6.88. The van der Waals surface area contributed by atoms with E-state index in [0.717, 1.165) is 12.8 Å². The molecule has 2 aliphatic rings. The summed E-state index contributed by atoms with van der Waals surface area (Å²) in [5.41, 5.74) is 0. The van der Waals surface area contributed by atoms with Crippen molar-refractivity contribution < 1.29 is 4.79 Å². The van der Waals surface area contributed by atoms with Gasteiger partial charge in [-0.15, -0.1) is 0 Å². The van der Waals surface area contributed by atoms with Crippen LogP contribution in [0.1, 0.15) is 46.0 Å². The fourth-order valence-corrected chi connectivity index (χ4v) is 3.69. The van der Waals surface area contributed by atoms with Gasteiger partial charge in [-0.05, 0) is 38.4 Å². The number of hydrogen-bond donors (Lipinski definition) is 2. The maximum atomic E-state index is 11.9. The molecule has 0 bridgehead atoms. The summed E-state index contributed by atoms with van der Waals surface area (Å²) in [6.45, 7) is 4.20. The number of rotatable bonds is 6. The van der Waals surface area contributed by atoms with Crippen molar-refractivity contribution in [1.82, 2.24) is 10.6 Å². The third kappa shape index (κ3) is 3.88. The van der Waals surface area contributed by atoms with Crippen LogP contribution in [0.2, 0.25) is 0 Å². The lowest BCUT2D eigenvalue weighted by Crippen LogP contribution is -2.48. The molecule has 0 aromatic heterocycles. The van der Waals surface area contributed by atoms with Crippen LogP contribution in [0, 0.1) is 0 Å². The Hall–Kier alpha value is -0.220. The molecule has 0 aromatic rings. The highest BCUT2D eigenvalue weighted by atomic mass is 32.2. The fraction of sp³-hybridized carbons (Fsp3) is 0.923. The van der Waals surface area contributed by atoms with Crippen LogP contribution in [0.3, 0.4) is 0 Å². The predicted molar refractivity (Wildman–Crippen MR) is 73.3 cm³/mol. The van der Waals surface area contributed by atoms with Crippen molar-refractivity contribution in [2.45, 2.75) is 69.3 Å². The zero-order valence-corrected chi connectivity index (χ0v) is 11.7. The van der Waals surface area contributed by atoms with E-state index >= 15 is 0 Å². The van der Waals surface area contributed by atoms with Crippen molar-refractivity contribution in [3.63, 3.8) is 0 Å². The number of hydrogen-bond acceptors (Lipinski definition) is 3. The van der Waals surface area contributed by atoms with E-state index in [1.165, 1.54) is 25.0 Å². The average Bonchev–Trinajstić information content (AvgIpc) is 3.01. The van der Waals surface area contributed by atoms with E-state index in [1.54, 1.807) is 0 Å². The summed E-state index contributed by atoms with van der Waals surface area (Å²) in [7, 11) is 0. The highest BCUT2D eigenvalue weighted by Gasteiger charge is 2.31. The summed E-state index contributed by atoms with van der Waals surface area (Å²) in [6.07, 6.45) is 6.14. The number of carbonyl (C=O) groups is 1.